The minimum Gasteiger partial charge on any atom is -0.352 e. The number of hydrogen-bond acceptors (Lipinski definition) is 5. The van der Waals surface area contributed by atoms with Crippen molar-refractivity contribution in [3.8, 4) is 5.69 Å². The number of amides is 1. The number of aromatic amines is 1. The van der Waals surface area contributed by atoms with Gasteiger partial charge in [0.1, 0.15) is 5.39 Å². The molecule has 1 amide bonds. The van der Waals surface area contributed by atoms with E-state index in [2.05, 4.69) is 27.0 Å². The Morgan fingerprint density at radius 1 is 1.42 bits per heavy atom. The third-order valence-corrected chi connectivity index (χ3v) is 4.88. The summed E-state index contributed by atoms with van der Waals surface area (Å²) in [6, 6.07) is 5.90. The summed E-state index contributed by atoms with van der Waals surface area (Å²) in [5.41, 5.74) is 3.26. The Labute approximate surface area is 154 Å². The van der Waals surface area contributed by atoms with Crippen molar-refractivity contribution < 1.29 is 4.79 Å². The molecule has 1 aromatic carbocycles. The first-order valence-electron chi connectivity index (χ1n) is 8.06. The van der Waals surface area contributed by atoms with Crippen molar-refractivity contribution in [2.75, 3.05) is 12.3 Å². The molecule has 3 rings (SSSR count). The molecular weight excluding hydrogens is 350 g/mol. The van der Waals surface area contributed by atoms with Crippen LogP contribution in [-0.2, 0) is 4.79 Å². The molecule has 7 nitrogen and oxygen atoms in total. The fourth-order valence-corrected chi connectivity index (χ4v) is 3.16. The number of benzene rings is 1. The lowest BCUT2D eigenvalue weighted by atomic mass is 10.1. The molecule has 0 atom stereocenters. The molecule has 0 aliphatic heterocycles. The number of aromatic nitrogens is 4. The monoisotopic (exact) mass is 369 g/mol. The zero-order valence-electron chi connectivity index (χ0n) is 14.6. The van der Waals surface area contributed by atoms with Crippen LogP contribution in [0.3, 0.4) is 0 Å². The molecule has 2 aromatic heterocycles. The number of fused-ring (bicyclic) bond motifs is 1. The first-order valence-corrected chi connectivity index (χ1v) is 9.05. The largest absolute Gasteiger partial charge is 0.352 e. The normalized spacial score (nSPS) is 10.8. The Balaban J connectivity index is 1.97. The molecule has 2 N–H and O–H groups in total. The molecule has 8 heteroatoms. The molecular formula is C18H19N5O2S. The average Bonchev–Trinajstić information content (AvgIpc) is 3.05. The van der Waals surface area contributed by atoms with Crippen LogP contribution in [0.1, 0.15) is 11.1 Å². The summed E-state index contributed by atoms with van der Waals surface area (Å²) in [5.74, 6) is 0.000529. The molecule has 2 heterocycles. The summed E-state index contributed by atoms with van der Waals surface area (Å²) in [7, 11) is 0. The number of thioether (sulfide) groups is 1. The number of nitrogens with one attached hydrogen (secondary N) is 2. The van der Waals surface area contributed by atoms with E-state index in [4.69, 9.17) is 0 Å². The van der Waals surface area contributed by atoms with Crippen molar-refractivity contribution in [1.29, 1.82) is 0 Å². The lowest BCUT2D eigenvalue weighted by Gasteiger charge is -2.09. The van der Waals surface area contributed by atoms with E-state index in [-0.39, 0.29) is 17.2 Å². The third-order valence-electron chi connectivity index (χ3n) is 4.00. The van der Waals surface area contributed by atoms with Crippen molar-refractivity contribution in [1.82, 2.24) is 25.1 Å². The van der Waals surface area contributed by atoms with Crippen LogP contribution in [0.2, 0.25) is 0 Å². The van der Waals surface area contributed by atoms with E-state index in [9.17, 15) is 9.59 Å². The van der Waals surface area contributed by atoms with E-state index in [0.717, 1.165) is 16.8 Å². The highest BCUT2D eigenvalue weighted by Crippen LogP contribution is 2.21. The van der Waals surface area contributed by atoms with E-state index in [0.29, 0.717) is 22.7 Å². The van der Waals surface area contributed by atoms with Crippen LogP contribution >= 0.6 is 11.8 Å². The predicted molar refractivity (Wildman–Crippen MR) is 103 cm³/mol. The molecule has 0 unspecified atom stereocenters. The summed E-state index contributed by atoms with van der Waals surface area (Å²) in [6.45, 7) is 7.98. The number of rotatable bonds is 6. The Morgan fingerprint density at radius 3 is 3.00 bits per heavy atom. The van der Waals surface area contributed by atoms with Gasteiger partial charge in [-0.25, -0.2) is 9.67 Å². The molecule has 0 aliphatic rings. The Hall–Kier alpha value is -2.87. The molecule has 0 bridgehead atoms. The lowest BCUT2D eigenvalue weighted by molar-refractivity contribution is -0.118. The third kappa shape index (κ3) is 3.55. The molecule has 0 aliphatic carbocycles. The quantitative estimate of drug-likeness (QED) is 0.394. The van der Waals surface area contributed by atoms with Crippen LogP contribution < -0.4 is 10.9 Å². The van der Waals surface area contributed by atoms with Crippen molar-refractivity contribution in [3.05, 3.63) is 58.5 Å². The van der Waals surface area contributed by atoms with Crippen LogP contribution in [0, 0.1) is 13.8 Å². The van der Waals surface area contributed by atoms with Gasteiger partial charge in [-0.05, 0) is 31.0 Å². The number of H-pyrrole nitrogens is 1. The van der Waals surface area contributed by atoms with Gasteiger partial charge in [0.15, 0.2) is 10.8 Å². The SMILES string of the molecule is C=CCNC(=O)CSc1nc2c(cnn2-c2cccc(C)c2C)c(=O)[nH]1. The summed E-state index contributed by atoms with van der Waals surface area (Å²) >= 11 is 1.17. The van der Waals surface area contributed by atoms with Gasteiger partial charge >= 0.3 is 0 Å². The number of carbonyl (C=O) groups excluding carboxylic acids is 1. The second-order valence-corrected chi connectivity index (χ2v) is 6.73. The van der Waals surface area contributed by atoms with Gasteiger partial charge in [0, 0.05) is 6.54 Å². The topological polar surface area (TPSA) is 92.7 Å². The molecule has 0 radical (unpaired) electrons. The van der Waals surface area contributed by atoms with Gasteiger partial charge in [0.2, 0.25) is 5.91 Å². The Morgan fingerprint density at radius 2 is 2.23 bits per heavy atom. The van der Waals surface area contributed by atoms with E-state index < -0.39 is 0 Å². The minimum absolute atomic E-state index is 0.152. The maximum absolute atomic E-state index is 12.3. The first-order chi connectivity index (χ1) is 12.5. The second kappa shape index (κ2) is 7.57. The molecule has 3 aromatic rings. The highest BCUT2D eigenvalue weighted by atomic mass is 32.2. The van der Waals surface area contributed by atoms with Crippen LogP contribution in [0.25, 0.3) is 16.7 Å². The van der Waals surface area contributed by atoms with Crippen molar-refractivity contribution >= 4 is 28.7 Å². The molecule has 0 saturated carbocycles. The number of carbonyl (C=O) groups is 1. The molecule has 0 saturated heterocycles. The van der Waals surface area contributed by atoms with Gasteiger partial charge in [-0.15, -0.1) is 6.58 Å². The Kier molecular flexibility index (Phi) is 5.22. The van der Waals surface area contributed by atoms with E-state index in [1.807, 2.05) is 32.0 Å². The van der Waals surface area contributed by atoms with Gasteiger partial charge < -0.3 is 10.3 Å². The van der Waals surface area contributed by atoms with Crippen molar-refractivity contribution in [2.24, 2.45) is 0 Å². The van der Waals surface area contributed by atoms with Crippen LogP contribution in [0.4, 0.5) is 0 Å². The second-order valence-electron chi connectivity index (χ2n) is 5.77. The minimum atomic E-state index is -0.277. The smallest absolute Gasteiger partial charge is 0.262 e. The van der Waals surface area contributed by atoms with E-state index >= 15 is 0 Å². The molecule has 0 fully saturated rings. The average molecular weight is 369 g/mol. The highest BCUT2D eigenvalue weighted by molar-refractivity contribution is 7.99. The molecule has 134 valence electrons. The fraction of sp³-hybridized carbons (Fsp3) is 0.222. The summed E-state index contributed by atoms with van der Waals surface area (Å²) in [5, 5.41) is 7.81. The maximum atomic E-state index is 12.3. The Bertz CT molecular complexity index is 1040. The van der Waals surface area contributed by atoms with Crippen LogP contribution in [-0.4, -0.2) is 38.0 Å². The maximum Gasteiger partial charge on any atom is 0.262 e. The van der Waals surface area contributed by atoms with Gasteiger partial charge in [0.05, 0.1) is 17.6 Å². The zero-order valence-corrected chi connectivity index (χ0v) is 15.4. The van der Waals surface area contributed by atoms with Crippen LogP contribution in [0.5, 0.6) is 0 Å². The summed E-state index contributed by atoms with van der Waals surface area (Å²) < 4.78 is 1.66. The van der Waals surface area contributed by atoms with E-state index in [1.54, 1.807) is 10.8 Å². The molecule has 0 spiro atoms. The standard InChI is InChI=1S/C18H19N5O2S/c1-4-8-19-15(24)10-26-18-21-16-13(17(25)22-18)9-20-23(16)14-7-5-6-11(2)12(14)3/h4-7,9H,1,8,10H2,2-3H3,(H,19,24)(H,21,22,25). The number of nitrogens with zero attached hydrogens (tertiary/aromatic N) is 3. The van der Waals surface area contributed by atoms with Crippen LogP contribution in [0.15, 0.2) is 47.0 Å². The zero-order chi connectivity index (χ0) is 18.7. The predicted octanol–water partition coefficient (Wildman–Crippen LogP) is 2.12. The first kappa shape index (κ1) is 17.9. The lowest BCUT2D eigenvalue weighted by Crippen LogP contribution is -2.25. The summed E-state index contributed by atoms with van der Waals surface area (Å²) in [6.07, 6.45) is 3.12. The van der Waals surface area contributed by atoms with Crippen molar-refractivity contribution in [2.45, 2.75) is 19.0 Å². The van der Waals surface area contributed by atoms with Gasteiger partial charge in [-0.1, -0.05) is 30.0 Å². The van der Waals surface area contributed by atoms with Gasteiger partial charge in [0.25, 0.3) is 5.56 Å². The fourth-order valence-electron chi connectivity index (χ4n) is 2.48. The van der Waals surface area contributed by atoms with Gasteiger partial charge in [-0.2, -0.15) is 5.10 Å². The number of aryl methyl sites for hydroxylation is 1. The molecule has 26 heavy (non-hydrogen) atoms. The number of hydrogen-bond donors (Lipinski definition) is 2. The van der Waals surface area contributed by atoms with Gasteiger partial charge in [-0.3, -0.25) is 9.59 Å². The highest BCUT2D eigenvalue weighted by Gasteiger charge is 2.14. The van der Waals surface area contributed by atoms with E-state index in [1.165, 1.54) is 18.0 Å². The van der Waals surface area contributed by atoms with Crippen molar-refractivity contribution in [3.63, 3.8) is 0 Å². The summed E-state index contributed by atoms with van der Waals surface area (Å²) in [4.78, 5) is 31.3.